The minimum absolute atomic E-state index is 0.411. The van der Waals surface area contributed by atoms with Gasteiger partial charge in [-0.2, -0.15) is 0 Å². The number of amides is 1. The van der Waals surface area contributed by atoms with Gasteiger partial charge in [0, 0.05) is 19.6 Å². The number of carboxylic acid groups (broad SMARTS) is 1. The first kappa shape index (κ1) is 7.63. The molecule has 1 atom stereocenters. The molecule has 1 amide bonds. The van der Waals surface area contributed by atoms with Gasteiger partial charge >= 0.3 is 6.09 Å². The highest BCUT2D eigenvalue weighted by molar-refractivity contribution is 6.21. The molecule has 0 bridgehead atoms. The normalized spacial score (nSPS) is 26.5. The molecule has 0 aromatic rings. The molecule has 0 aliphatic carbocycles. The van der Waals surface area contributed by atoms with Crippen molar-refractivity contribution in [3.05, 3.63) is 0 Å². The van der Waals surface area contributed by atoms with E-state index in [0.717, 1.165) is 0 Å². The molecule has 4 nitrogen and oxygen atoms in total. The van der Waals surface area contributed by atoms with Gasteiger partial charge in [-0.3, -0.25) is 4.90 Å². The zero-order valence-corrected chi connectivity index (χ0v) is 6.14. The summed E-state index contributed by atoms with van der Waals surface area (Å²) in [5.41, 5.74) is -0.411. The first-order valence-electron chi connectivity index (χ1n) is 3.06. The lowest BCUT2D eigenvalue weighted by Crippen LogP contribution is -2.50. The monoisotopic (exact) mass is 164 g/mol. The third-order valence-electron chi connectivity index (χ3n) is 1.43. The smallest absolute Gasteiger partial charge is 0.408 e. The molecule has 2 N–H and O–H groups in total. The number of halogens is 1. The van der Waals surface area contributed by atoms with E-state index in [-0.39, 0.29) is 0 Å². The SMILES string of the molecule is O=C(O)N1CCNCC1Cl. The Hall–Kier alpha value is -0.480. The van der Waals surface area contributed by atoms with Crippen molar-refractivity contribution in [2.24, 2.45) is 0 Å². The number of hydrogen-bond donors (Lipinski definition) is 2. The number of carbonyl (C=O) groups is 1. The molecule has 0 aromatic carbocycles. The molecule has 1 unspecified atom stereocenters. The molecule has 0 spiro atoms. The van der Waals surface area contributed by atoms with Crippen LogP contribution in [0.25, 0.3) is 0 Å². The Balaban J connectivity index is 2.47. The Morgan fingerprint density at radius 1 is 1.80 bits per heavy atom. The quantitative estimate of drug-likeness (QED) is 0.396. The molecule has 1 saturated heterocycles. The summed E-state index contributed by atoms with van der Waals surface area (Å²) < 4.78 is 0. The molecule has 0 radical (unpaired) electrons. The first-order chi connectivity index (χ1) is 4.72. The van der Waals surface area contributed by atoms with Crippen LogP contribution in [0.3, 0.4) is 0 Å². The molecule has 1 heterocycles. The van der Waals surface area contributed by atoms with Crippen molar-refractivity contribution in [2.75, 3.05) is 19.6 Å². The van der Waals surface area contributed by atoms with Gasteiger partial charge in [-0.05, 0) is 0 Å². The fourth-order valence-corrected chi connectivity index (χ4v) is 1.18. The van der Waals surface area contributed by atoms with Gasteiger partial charge in [-0.1, -0.05) is 11.6 Å². The molecule has 0 saturated carbocycles. The fourth-order valence-electron chi connectivity index (χ4n) is 0.886. The van der Waals surface area contributed by atoms with Crippen molar-refractivity contribution in [3.8, 4) is 0 Å². The highest BCUT2D eigenvalue weighted by Gasteiger charge is 2.23. The van der Waals surface area contributed by atoms with Gasteiger partial charge in [0.2, 0.25) is 0 Å². The highest BCUT2D eigenvalue weighted by Crippen LogP contribution is 2.06. The van der Waals surface area contributed by atoms with Crippen molar-refractivity contribution in [3.63, 3.8) is 0 Å². The van der Waals surface area contributed by atoms with Crippen LogP contribution in [0, 0.1) is 0 Å². The molecule has 0 aromatic heterocycles. The van der Waals surface area contributed by atoms with Crippen LogP contribution in [0.4, 0.5) is 4.79 Å². The molecule has 5 heteroatoms. The van der Waals surface area contributed by atoms with Crippen molar-refractivity contribution in [1.82, 2.24) is 10.2 Å². The summed E-state index contributed by atoms with van der Waals surface area (Å²) in [5.74, 6) is 0. The third-order valence-corrected chi connectivity index (χ3v) is 1.82. The number of rotatable bonds is 0. The van der Waals surface area contributed by atoms with Gasteiger partial charge < -0.3 is 10.4 Å². The molecule has 1 aliphatic rings. The van der Waals surface area contributed by atoms with E-state index in [1.54, 1.807) is 0 Å². The first-order valence-corrected chi connectivity index (χ1v) is 3.50. The van der Waals surface area contributed by atoms with Crippen molar-refractivity contribution in [1.29, 1.82) is 0 Å². The standard InChI is InChI=1S/C5H9ClN2O2/c6-4-3-7-1-2-8(4)5(9)10/h4,7H,1-3H2,(H,9,10). The van der Waals surface area contributed by atoms with E-state index in [0.29, 0.717) is 19.6 Å². The van der Waals surface area contributed by atoms with Crippen LogP contribution in [0.5, 0.6) is 0 Å². The van der Waals surface area contributed by atoms with Crippen LogP contribution in [-0.2, 0) is 0 Å². The average molecular weight is 165 g/mol. The van der Waals surface area contributed by atoms with Gasteiger partial charge in [0.25, 0.3) is 0 Å². The highest BCUT2D eigenvalue weighted by atomic mass is 35.5. The van der Waals surface area contributed by atoms with Crippen LogP contribution in [0.1, 0.15) is 0 Å². The maximum Gasteiger partial charge on any atom is 0.408 e. The summed E-state index contributed by atoms with van der Waals surface area (Å²) in [5, 5.41) is 11.5. The summed E-state index contributed by atoms with van der Waals surface area (Å²) in [7, 11) is 0. The predicted molar refractivity (Wildman–Crippen MR) is 37.2 cm³/mol. The maximum absolute atomic E-state index is 10.4. The number of nitrogens with one attached hydrogen (secondary N) is 1. The molecular formula is C5H9ClN2O2. The van der Waals surface area contributed by atoms with E-state index >= 15 is 0 Å². The van der Waals surface area contributed by atoms with Gasteiger partial charge in [0.15, 0.2) is 0 Å². The van der Waals surface area contributed by atoms with Crippen LogP contribution in [0.15, 0.2) is 0 Å². The molecule has 1 rings (SSSR count). The predicted octanol–water partition coefficient (Wildman–Crippen LogP) is 0.134. The Morgan fingerprint density at radius 2 is 2.50 bits per heavy atom. The summed E-state index contributed by atoms with van der Waals surface area (Å²) in [4.78, 5) is 11.6. The number of hydrogen-bond acceptors (Lipinski definition) is 2. The largest absolute Gasteiger partial charge is 0.465 e. The average Bonchev–Trinajstić information content (AvgIpc) is 1.88. The van der Waals surface area contributed by atoms with Crippen molar-refractivity contribution >= 4 is 17.7 Å². The second-order valence-corrected chi connectivity index (χ2v) is 2.62. The van der Waals surface area contributed by atoms with Gasteiger partial charge in [0.05, 0.1) is 0 Å². The lowest BCUT2D eigenvalue weighted by Gasteiger charge is -2.29. The Bertz CT molecular complexity index is 142. The maximum atomic E-state index is 10.4. The molecule has 10 heavy (non-hydrogen) atoms. The lowest BCUT2D eigenvalue weighted by atomic mass is 10.4. The molecular weight excluding hydrogens is 156 g/mol. The third kappa shape index (κ3) is 1.52. The van der Waals surface area contributed by atoms with E-state index in [2.05, 4.69) is 5.32 Å². The van der Waals surface area contributed by atoms with Crippen molar-refractivity contribution in [2.45, 2.75) is 5.50 Å². The van der Waals surface area contributed by atoms with Gasteiger partial charge in [-0.15, -0.1) is 0 Å². The fraction of sp³-hybridized carbons (Fsp3) is 0.800. The van der Waals surface area contributed by atoms with Crippen LogP contribution >= 0.6 is 11.6 Å². The summed E-state index contributed by atoms with van der Waals surface area (Å²) in [6, 6.07) is 0. The minimum atomic E-state index is -0.943. The minimum Gasteiger partial charge on any atom is -0.465 e. The molecule has 1 aliphatic heterocycles. The molecule has 1 fully saturated rings. The van der Waals surface area contributed by atoms with E-state index in [1.807, 2.05) is 0 Å². The number of nitrogens with zero attached hydrogens (tertiary/aromatic N) is 1. The second-order valence-electron chi connectivity index (χ2n) is 2.11. The van der Waals surface area contributed by atoms with Crippen LogP contribution in [0.2, 0.25) is 0 Å². The number of piperazine rings is 1. The Labute approximate surface area is 63.8 Å². The Kier molecular flexibility index (Phi) is 2.34. The molecule has 58 valence electrons. The van der Waals surface area contributed by atoms with Gasteiger partial charge in [0.1, 0.15) is 5.50 Å². The summed E-state index contributed by atoms with van der Waals surface area (Å²) >= 11 is 5.66. The Morgan fingerprint density at radius 3 is 2.90 bits per heavy atom. The van der Waals surface area contributed by atoms with E-state index < -0.39 is 11.6 Å². The summed E-state index contributed by atoms with van der Waals surface area (Å²) in [6.07, 6.45) is -0.943. The van der Waals surface area contributed by atoms with Gasteiger partial charge in [-0.25, -0.2) is 4.79 Å². The zero-order chi connectivity index (χ0) is 7.56. The van der Waals surface area contributed by atoms with Crippen molar-refractivity contribution < 1.29 is 9.90 Å². The second kappa shape index (κ2) is 3.07. The van der Waals surface area contributed by atoms with Crippen LogP contribution in [-0.4, -0.2) is 41.2 Å². The lowest BCUT2D eigenvalue weighted by molar-refractivity contribution is 0.131. The van der Waals surface area contributed by atoms with E-state index in [1.165, 1.54) is 4.90 Å². The van der Waals surface area contributed by atoms with E-state index in [4.69, 9.17) is 16.7 Å². The summed E-state index contributed by atoms with van der Waals surface area (Å²) in [6.45, 7) is 1.70. The van der Waals surface area contributed by atoms with Crippen LogP contribution < -0.4 is 5.32 Å². The number of alkyl halides is 1. The topological polar surface area (TPSA) is 52.6 Å². The zero-order valence-electron chi connectivity index (χ0n) is 5.38. The van der Waals surface area contributed by atoms with E-state index in [9.17, 15) is 4.79 Å².